The van der Waals surface area contributed by atoms with Crippen LogP contribution >= 0.6 is 0 Å². The molecule has 3 aliphatic rings. The van der Waals surface area contributed by atoms with Crippen LogP contribution in [0.3, 0.4) is 0 Å². The van der Waals surface area contributed by atoms with Crippen molar-refractivity contribution >= 4 is 40.5 Å². The Hall–Kier alpha value is -5.99. The minimum Gasteiger partial charge on any atom is -0.508 e. The highest BCUT2D eigenvalue weighted by atomic mass is 16.5. The number of likely N-dealkylation sites (tertiary alicyclic amines) is 1. The van der Waals surface area contributed by atoms with Gasteiger partial charge in [0.15, 0.2) is 0 Å². The number of phenolic OH excluding ortho intramolecular Hbond substituents is 1. The average molecular weight is 917 g/mol. The van der Waals surface area contributed by atoms with Gasteiger partial charge in [-0.25, -0.2) is 5.43 Å². The number of likely N-dealkylation sites (N-methyl/N-ethyl adjacent to an activating group) is 1. The number of methoxy groups -OCH3 is 1. The lowest BCUT2D eigenvalue weighted by Gasteiger charge is -2.37. The molecule has 14 nitrogen and oxygen atoms in total. The van der Waals surface area contributed by atoms with E-state index in [1.54, 1.807) is 31.2 Å². The highest BCUT2D eigenvalue weighted by Gasteiger charge is 2.40. The topological polar surface area (TPSA) is 163 Å². The van der Waals surface area contributed by atoms with Crippen molar-refractivity contribution in [3.8, 4) is 28.1 Å². The van der Waals surface area contributed by atoms with Gasteiger partial charge >= 0.3 is 5.97 Å². The fourth-order valence-electron chi connectivity index (χ4n) is 10.3. The van der Waals surface area contributed by atoms with Crippen LogP contribution in [-0.4, -0.2) is 113 Å². The van der Waals surface area contributed by atoms with Gasteiger partial charge in [0.25, 0.3) is 5.91 Å². The maximum atomic E-state index is 14.7. The van der Waals surface area contributed by atoms with E-state index in [1.807, 2.05) is 26.0 Å². The van der Waals surface area contributed by atoms with Crippen molar-refractivity contribution in [3.63, 3.8) is 0 Å². The molecular formula is C53H68N6O8. The summed E-state index contributed by atoms with van der Waals surface area (Å²) < 4.78 is 14.4. The third kappa shape index (κ3) is 10.3. The zero-order chi connectivity index (χ0) is 48.5. The molecule has 14 heteroatoms. The van der Waals surface area contributed by atoms with E-state index in [1.165, 1.54) is 16.0 Å². The Kier molecular flexibility index (Phi) is 14.7. The number of aromatic nitrogens is 1. The molecule has 1 aromatic heterocycles. The Labute approximate surface area is 394 Å². The number of amides is 4. The van der Waals surface area contributed by atoms with Crippen LogP contribution in [0.1, 0.15) is 89.2 Å². The molecule has 4 aromatic rings. The molecule has 0 spiro atoms. The number of aromatic hydroxyl groups is 1. The smallest absolute Gasteiger partial charge is 0.324 e. The fourth-order valence-corrected chi connectivity index (χ4v) is 10.3. The number of carbonyl (C=O) groups is 5. The van der Waals surface area contributed by atoms with Crippen molar-refractivity contribution in [2.75, 3.05) is 40.4 Å². The maximum absolute atomic E-state index is 14.7. The fraction of sp³-hybridized carbons (Fsp3) is 0.491. The van der Waals surface area contributed by atoms with E-state index in [4.69, 9.17) is 9.47 Å². The van der Waals surface area contributed by atoms with Gasteiger partial charge in [-0.05, 0) is 117 Å². The monoisotopic (exact) mass is 917 g/mol. The highest BCUT2D eigenvalue weighted by Crippen LogP contribution is 2.43. The number of esters is 1. The number of nitrogens with zero attached hydrogens (tertiary/aromatic N) is 4. The Morgan fingerprint density at radius 1 is 1.04 bits per heavy atom. The van der Waals surface area contributed by atoms with Crippen molar-refractivity contribution in [1.29, 1.82) is 0 Å². The second-order valence-electron chi connectivity index (χ2n) is 19.8. The number of ether oxygens (including phenoxy) is 2. The number of rotatable bonds is 10. The number of benzene rings is 3. The molecule has 358 valence electrons. The summed E-state index contributed by atoms with van der Waals surface area (Å²) in [5, 5.41) is 16.8. The SMILES string of the molecule is C=CC(=O)N1CC[C@H](C(=O)N(C)C(C(=O)N[C@H]2Cc3cc(O)cc(c3)-c3ccc4c(c3)c(c(-c3cc(C)ccc3[C@H](C)OC)n4CC)CC(C)(C)COC(=O)[C@@H]3CCCN(N3)C2=O)C(C)C)C1. The molecule has 0 aliphatic carbocycles. The second kappa shape index (κ2) is 20.1. The van der Waals surface area contributed by atoms with E-state index in [-0.39, 0.29) is 55.7 Å². The lowest BCUT2D eigenvalue weighted by Crippen LogP contribution is -2.62. The van der Waals surface area contributed by atoms with Crippen molar-refractivity contribution in [2.45, 2.75) is 111 Å². The first-order valence-electron chi connectivity index (χ1n) is 23.7. The van der Waals surface area contributed by atoms with Crippen LogP contribution in [0.25, 0.3) is 33.3 Å². The highest BCUT2D eigenvalue weighted by molar-refractivity contribution is 5.96. The molecule has 4 heterocycles. The van der Waals surface area contributed by atoms with Crippen LogP contribution in [0.15, 0.2) is 67.3 Å². The Bertz CT molecular complexity index is 2560. The molecule has 6 bridgehead atoms. The lowest BCUT2D eigenvalue weighted by molar-refractivity contribution is -0.155. The van der Waals surface area contributed by atoms with Crippen LogP contribution in [0.4, 0.5) is 0 Å². The predicted molar refractivity (Wildman–Crippen MR) is 259 cm³/mol. The predicted octanol–water partition coefficient (Wildman–Crippen LogP) is 6.88. The summed E-state index contributed by atoms with van der Waals surface area (Å²) in [6.07, 6.45) is 3.03. The molecule has 4 amide bonds. The van der Waals surface area contributed by atoms with E-state index in [9.17, 15) is 29.1 Å². The third-order valence-electron chi connectivity index (χ3n) is 13.8. The Balaban J connectivity index is 1.32. The van der Waals surface area contributed by atoms with Crippen LogP contribution in [0.2, 0.25) is 0 Å². The van der Waals surface area contributed by atoms with Gasteiger partial charge in [0.1, 0.15) is 23.9 Å². The number of aryl methyl sites for hydroxylation is 2. The summed E-state index contributed by atoms with van der Waals surface area (Å²) >= 11 is 0. The first-order chi connectivity index (χ1) is 31.8. The lowest BCUT2D eigenvalue weighted by atomic mass is 9.83. The number of nitrogens with one attached hydrogen (secondary N) is 2. The summed E-state index contributed by atoms with van der Waals surface area (Å²) in [6.45, 7) is 19.4. The van der Waals surface area contributed by atoms with Gasteiger partial charge in [0, 0.05) is 68.6 Å². The summed E-state index contributed by atoms with van der Waals surface area (Å²) in [7, 11) is 3.30. The number of hydrazine groups is 1. The average Bonchev–Trinajstić information content (AvgIpc) is 3.92. The molecule has 2 fully saturated rings. The van der Waals surface area contributed by atoms with Gasteiger partial charge in [-0.3, -0.25) is 29.0 Å². The molecule has 3 aromatic carbocycles. The van der Waals surface area contributed by atoms with Crippen LogP contribution in [0.5, 0.6) is 5.75 Å². The third-order valence-corrected chi connectivity index (χ3v) is 13.8. The van der Waals surface area contributed by atoms with E-state index < -0.39 is 47.2 Å². The van der Waals surface area contributed by atoms with Crippen molar-refractivity contribution < 1.29 is 38.6 Å². The van der Waals surface area contributed by atoms with Crippen molar-refractivity contribution in [1.82, 2.24) is 30.1 Å². The molecule has 2 saturated heterocycles. The maximum Gasteiger partial charge on any atom is 0.324 e. The van der Waals surface area contributed by atoms with Gasteiger partial charge in [-0.2, -0.15) is 0 Å². The largest absolute Gasteiger partial charge is 0.508 e. The number of carbonyl (C=O) groups excluding carboxylic acids is 5. The van der Waals surface area contributed by atoms with Gasteiger partial charge < -0.3 is 34.3 Å². The van der Waals surface area contributed by atoms with E-state index >= 15 is 0 Å². The van der Waals surface area contributed by atoms with Crippen LogP contribution in [-0.2, 0) is 52.8 Å². The first kappa shape index (κ1) is 48.9. The summed E-state index contributed by atoms with van der Waals surface area (Å²) in [5.41, 5.74) is 11.2. The molecule has 3 aliphatic heterocycles. The summed E-state index contributed by atoms with van der Waals surface area (Å²) in [5.74, 6) is -2.83. The van der Waals surface area contributed by atoms with Gasteiger partial charge in [-0.15, -0.1) is 0 Å². The molecule has 7 rings (SSSR count). The number of fused-ring (bicyclic) bond motifs is 6. The quantitative estimate of drug-likeness (QED) is 0.114. The van der Waals surface area contributed by atoms with Crippen LogP contribution in [0, 0.1) is 24.2 Å². The Morgan fingerprint density at radius 3 is 2.51 bits per heavy atom. The van der Waals surface area contributed by atoms with Gasteiger partial charge in [-0.1, -0.05) is 64.1 Å². The number of phenols is 1. The normalized spacial score (nSPS) is 20.8. The van der Waals surface area contributed by atoms with Gasteiger partial charge in [0.2, 0.25) is 17.7 Å². The van der Waals surface area contributed by atoms with E-state index in [2.05, 4.69) is 86.8 Å². The van der Waals surface area contributed by atoms with Crippen molar-refractivity contribution in [3.05, 3.63) is 89.5 Å². The van der Waals surface area contributed by atoms with E-state index in [0.29, 0.717) is 44.3 Å². The minimum absolute atomic E-state index is 0.00417. The first-order valence-corrected chi connectivity index (χ1v) is 23.7. The molecule has 5 atom stereocenters. The molecule has 67 heavy (non-hydrogen) atoms. The van der Waals surface area contributed by atoms with Crippen LogP contribution < -0.4 is 10.7 Å². The van der Waals surface area contributed by atoms with Gasteiger partial charge in [0.05, 0.1) is 24.3 Å². The summed E-state index contributed by atoms with van der Waals surface area (Å²) in [6, 6.07) is 15.1. The standard InChI is InChI=1S/C53H68N6O8/c1-11-46(61)57-21-19-36(29-57)50(63)56(9)47(31(3)4)49(62)54-44-25-34-23-37(26-38(60)24-34)35-16-18-45-40(27-35)42(48(58(45)12-2)41-22-32(5)15-17-39(41)33(6)66-10)28-53(7,8)30-67-52(65)43-14-13-20-59(55-43)51(44)64/h11,15-18,22-24,26-27,31,33,36,43-44,47,55,60H,1,12-14,19-21,25,28-30H2,2-10H3,(H,54,62)/t33-,36-,43-,44-,47?/m0/s1. The zero-order valence-corrected chi connectivity index (χ0v) is 40.6. The molecule has 3 N–H and O–H groups in total. The summed E-state index contributed by atoms with van der Waals surface area (Å²) in [4.78, 5) is 72.5. The number of hydrogen-bond acceptors (Lipinski definition) is 9. The van der Waals surface area contributed by atoms with E-state index in [0.717, 1.165) is 50.0 Å². The molecule has 0 radical (unpaired) electrons. The molecule has 1 unspecified atom stereocenters. The zero-order valence-electron chi connectivity index (χ0n) is 40.6. The second-order valence-corrected chi connectivity index (χ2v) is 19.8. The van der Waals surface area contributed by atoms with Crippen molar-refractivity contribution in [2.24, 2.45) is 17.3 Å². The number of hydrogen-bond donors (Lipinski definition) is 3. The molecular weight excluding hydrogens is 849 g/mol. The number of cyclic esters (lactones) is 1. The Morgan fingerprint density at radius 2 is 1.81 bits per heavy atom. The molecule has 0 saturated carbocycles. The minimum atomic E-state index is -1.16.